The number of benzene rings is 1. The molecule has 0 aromatic heterocycles. The molecule has 0 fully saturated rings. The van der Waals surface area contributed by atoms with Crippen molar-refractivity contribution in [2.75, 3.05) is 0 Å². The molecule has 1 aromatic carbocycles. The Labute approximate surface area is 103 Å². The average molecular weight is 224 g/mol. The molecule has 86 valence electrons. The molecule has 0 bridgehead atoms. The zero-order chi connectivity index (χ0) is 13.5. The summed E-state index contributed by atoms with van der Waals surface area (Å²) in [6, 6.07) is 13.5. The molecular formula is C15H16N2. The highest BCUT2D eigenvalue weighted by Crippen LogP contribution is 2.08. The summed E-state index contributed by atoms with van der Waals surface area (Å²) in [5.74, 6) is 0. The third kappa shape index (κ3) is 13.4. The first-order valence-electron chi connectivity index (χ1n) is 4.86. The van der Waals surface area contributed by atoms with Gasteiger partial charge in [-0.25, -0.2) is 0 Å². The molecule has 0 radical (unpaired) electrons. The predicted molar refractivity (Wildman–Crippen MR) is 72.8 cm³/mol. The van der Waals surface area contributed by atoms with E-state index in [2.05, 4.69) is 31.9 Å². The van der Waals surface area contributed by atoms with Crippen molar-refractivity contribution >= 4 is 5.57 Å². The number of hydrogen-bond acceptors (Lipinski definition) is 2. The predicted octanol–water partition coefficient (Wildman–Crippen LogP) is 4.11. The molecule has 0 aliphatic heterocycles. The van der Waals surface area contributed by atoms with Gasteiger partial charge < -0.3 is 0 Å². The Morgan fingerprint density at radius 1 is 1.06 bits per heavy atom. The summed E-state index contributed by atoms with van der Waals surface area (Å²) < 4.78 is 0. The molecule has 1 rings (SSSR count). The van der Waals surface area contributed by atoms with Crippen molar-refractivity contribution in [3.8, 4) is 12.1 Å². The van der Waals surface area contributed by atoms with Gasteiger partial charge in [0, 0.05) is 12.2 Å². The number of allylic oxidation sites excluding steroid dienone is 3. The number of nitrogens with zero attached hydrogens (tertiary/aromatic N) is 2. The third-order valence-electron chi connectivity index (χ3n) is 1.45. The second kappa shape index (κ2) is 13.4. The third-order valence-corrected chi connectivity index (χ3v) is 1.45. The van der Waals surface area contributed by atoms with Crippen LogP contribution in [0.25, 0.3) is 5.57 Å². The zero-order valence-corrected chi connectivity index (χ0v) is 10.1. The quantitative estimate of drug-likeness (QED) is 0.674. The SMILES string of the molecule is C=C(C)c1ccccc1.C=CC#N.C=CC#N. The first kappa shape index (κ1) is 16.8. The minimum absolute atomic E-state index is 1.12. The lowest BCUT2D eigenvalue weighted by atomic mass is 10.1. The lowest BCUT2D eigenvalue weighted by molar-refractivity contribution is 1.54. The molecule has 0 unspecified atom stereocenters. The van der Waals surface area contributed by atoms with E-state index in [1.807, 2.05) is 25.1 Å². The smallest absolute Gasteiger partial charge is 0.0905 e. The van der Waals surface area contributed by atoms with Crippen molar-refractivity contribution in [3.63, 3.8) is 0 Å². The van der Waals surface area contributed by atoms with Gasteiger partial charge in [0.2, 0.25) is 0 Å². The Bertz CT molecular complexity index is 398. The highest BCUT2D eigenvalue weighted by molar-refractivity contribution is 5.60. The van der Waals surface area contributed by atoms with Crippen LogP contribution in [0.4, 0.5) is 0 Å². The summed E-state index contributed by atoms with van der Waals surface area (Å²) in [6.45, 7) is 12.1. The van der Waals surface area contributed by atoms with Crippen LogP contribution in [0.15, 0.2) is 62.2 Å². The second-order valence-corrected chi connectivity index (χ2v) is 2.81. The molecule has 0 saturated carbocycles. The van der Waals surface area contributed by atoms with Crippen LogP contribution in [0.3, 0.4) is 0 Å². The summed E-state index contributed by atoms with van der Waals surface area (Å²) in [4.78, 5) is 0. The van der Waals surface area contributed by atoms with E-state index in [0.29, 0.717) is 0 Å². The molecule has 17 heavy (non-hydrogen) atoms. The maximum Gasteiger partial charge on any atom is 0.0905 e. The molecule has 1 aromatic rings. The van der Waals surface area contributed by atoms with Crippen LogP contribution in [0, 0.1) is 22.7 Å². The van der Waals surface area contributed by atoms with Gasteiger partial charge in [-0.15, -0.1) is 0 Å². The average Bonchev–Trinajstić information content (AvgIpc) is 2.40. The van der Waals surface area contributed by atoms with Crippen LogP contribution in [-0.4, -0.2) is 0 Å². The fraction of sp³-hybridized carbons (Fsp3) is 0.0667. The van der Waals surface area contributed by atoms with E-state index in [4.69, 9.17) is 10.5 Å². The van der Waals surface area contributed by atoms with Crippen LogP contribution >= 0.6 is 0 Å². The van der Waals surface area contributed by atoms with Gasteiger partial charge in [-0.3, -0.25) is 0 Å². The first-order valence-corrected chi connectivity index (χ1v) is 4.86. The largest absolute Gasteiger partial charge is 0.193 e. The first-order chi connectivity index (χ1) is 8.13. The van der Waals surface area contributed by atoms with Gasteiger partial charge in [0.25, 0.3) is 0 Å². The fourth-order valence-corrected chi connectivity index (χ4v) is 0.723. The molecule has 0 N–H and O–H groups in total. The van der Waals surface area contributed by atoms with Gasteiger partial charge in [-0.2, -0.15) is 10.5 Å². The van der Waals surface area contributed by atoms with E-state index in [1.165, 1.54) is 17.7 Å². The van der Waals surface area contributed by atoms with E-state index in [9.17, 15) is 0 Å². The molecule has 0 heterocycles. The Morgan fingerprint density at radius 3 is 1.59 bits per heavy atom. The van der Waals surface area contributed by atoms with Crippen LogP contribution in [0.2, 0.25) is 0 Å². The molecule has 0 aliphatic rings. The fourth-order valence-electron chi connectivity index (χ4n) is 0.723. The molecule has 0 atom stereocenters. The highest BCUT2D eigenvalue weighted by Gasteiger charge is 1.86. The Kier molecular flexibility index (Phi) is 13.3. The van der Waals surface area contributed by atoms with Crippen LogP contribution < -0.4 is 0 Å². The Hall–Kier alpha value is -2.58. The summed E-state index contributed by atoms with van der Waals surface area (Å²) >= 11 is 0. The lowest BCUT2D eigenvalue weighted by Crippen LogP contribution is -1.72. The summed E-state index contributed by atoms with van der Waals surface area (Å²) in [5, 5.41) is 15.0. The van der Waals surface area contributed by atoms with Gasteiger partial charge in [0.15, 0.2) is 0 Å². The van der Waals surface area contributed by atoms with Crippen molar-refractivity contribution in [3.05, 3.63) is 67.8 Å². The maximum absolute atomic E-state index is 7.51. The number of hydrogen-bond donors (Lipinski definition) is 0. The van der Waals surface area contributed by atoms with Gasteiger partial charge in [-0.05, 0) is 12.5 Å². The lowest BCUT2D eigenvalue weighted by Gasteiger charge is -1.94. The van der Waals surface area contributed by atoms with Gasteiger partial charge in [-0.1, -0.05) is 55.6 Å². The normalized spacial score (nSPS) is 6.53. The summed E-state index contributed by atoms with van der Waals surface area (Å²) in [7, 11) is 0. The van der Waals surface area contributed by atoms with Crippen molar-refractivity contribution in [1.29, 1.82) is 10.5 Å². The second-order valence-electron chi connectivity index (χ2n) is 2.81. The zero-order valence-electron chi connectivity index (χ0n) is 10.1. The maximum atomic E-state index is 7.51. The van der Waals surface area contributed by atoms with Crippen molar-refractivity contribution in [1.82, 2.24) is 0 Å². The van der Waals surface area contributed by atoms with Crippen molar-refractivity contribution in [2.24, 2.45) is 0 Å². The summed E-state index contributed by atoms with van der Waals surface area (Å²) in [5.41, 5.74) is 2.34. The van der Waals surface area contributed by atoms with Gasteiger partial charge in [0.1, 0.15) is 0 Å². The van der Waals surface area contributed by atoms with Crippen molar-refractivity contribution < 1.29 is 0 Å². The van der Waals surface area contributed by atoms with Crippen LogP contribution in [0.1, 0.15) is 12.5 Å². The minimum atomic E-state index is 1.12. The topological polar surface area (TPSA) is 47.6 Å². The molecule has 2 nitrogen and oxygen atoms in total. The molecule has 0 saturated heterocycles. The molecule has 0 spiro atoms. The van der Waals surface area contributed by atoms with Crippen LogP contribution in [-0.2, 0) is 0 Å². The molecular weight excluding hydrogens is 208 g/mol. The minimum Gasteiger partial charge on any atom is -0.193 e. The van der Waals surface area contributed by atoms with Gasteiger partial charge >= 0.3 is 0 Å². The van der Waals surface area contributed by atoms with Crippen LogP contribution in [0.5, 0.6) is 0 Å². The van der Waals surface area contributed by atoms with E-state index < -0.39 is 0 Å². The summed E-state index contributed by atoms with van der Waals surface area (Å²) in [6.07, 6.45) is 2.36. The number of rotatable bonds is 1. The monoisotopic (exact) mass is 224 g/mol. The van der Waals surface area contributed by atoms with Gasteiger partial charge in [0.05, 0.1) is 12.1 Å². The van der Waals surface area contributed by atoms with E-state index in [0.717, 1.165) is 5.57 Å². The molecule has 0 aliphatic carbocycles. The number of nitriles is 2. The van der Waals surface area contributed by atoms with E-state index in [-0.39, 0.29) is 0 Å². The Morgan fingerprint density at radius 2 is 1.41 bits per heavy atom. The molecule has 0 amide bonds. The molecule has 2 heteroatoms. The highest BCUT2D eigenvalue weighted by atomic mass is 14.2. The Balaban J connectivity index is 0. The standard InChI is InChI=1S/C9H10.2C3H3N/c1-8(2)9-6-4-3-5-7-9;2*1-2-3-4/h3-7H,1H2,2H3;2*2H,1H2. The van der Waals surface area contributed by atoms with Crippen molar-refractivity contribution in [2.45, 2.75) is 6.92 Å². The van der Waals surface area contributed by atoms with E-state index >= 15 is 0 Å². The van der Waals surface area contributed by atoms with E-state index in [1.54, 1.807) is 12.1 Å².